The van der Waals surface area contributed by atoms with E-state index < -0.39 is 17.7 Å². The summed E-state index contributed by atoms with van der Waals surface area (Å²) < 4.78 is 0. The van der Waals surface area contributed by atoms with Crippen LogP contribution in [0.5, 0.6) is 0 Å². The van der Waals surface area contributed by atoms with Crippen molar-refractivity contribution in [3.8, 4) is 22.3 Å². The number of aryl methyl sites for hydroxylation is 2. The minimum Gasteiger partial charge on any atom is -0.203 e. The molecule has 6 aromatic rings. The molecule has 0 heterocycles. The van der Waals surface area contributed by atoms with Crippen molar-refractivity contribution < 1.29 is 17.7 Å². The molecule has 0 atom stereocenters. The molecule has 0 aromatic heterocycles. The van der Waals surface area contributed by atoms with Crippen LogP contribution in [0.2, 0.25) is 13.1 Å². The number of fused-ring (bicyclic) bond motifs is 2. The summed E-state index contributed by atoms with van der Waals surface area (Å²) in [5.74, 6) is 0. The molecule has 6 aromatic carbocycles. The van der Waals surface area contributed by atoms with Gasteiger partial charge < -0.3 is 0 Å². The Morgan fingerprint density at radius 3 is 1.29 bits per heavy atom. The fraction of sp³-hybridized carbons (Fsp3) is 0.118. The topological polar surface area (TPSA) is 0 Å². The first kappa shape index (κ1) is 28.8. The zero-order valence-electron chi connectivity index (χ0n) is 22.3. The first-order valence-electron chi connectivity index (χ1n) is 12.7. The van der Waals surface area contributed by atoms with Gasteiger partial charge in [0.25, 0.3) is 0 Å². The summed E-state index contributed by atoms with van der Waals surface area (Å²) in [4.78, 5) is 0. The number of hydrogen-bond acceptors (Lipinski definition) is 0. The Morgan fingerprint density at radius 1 is 0.579 bits per heavy atom. The van der Waals surface area contributed by atoms with Gasteiger partial charge in [-0.05, 0) is 21.5 Å². The maximum absolute atomic E-state index is 5.64. The zero-order chi connectivity index (χ0) is 27.1. The fourth-order valence-electron chi connectivity index (χ4n) is 4.41. The fourth-order valence-corrected chi connectivity index (χ4v) is 4.41. The average molecular weight is 718 g/mol. The minimum absolute atomic E-state index is 0.208. The van der Waals surface area contributed by atoms with E-state index in [1.54, 1.807) is 0 Å². The van der Waals surface area contributed by atoms with Crippen molar-refractivity contribution in [2.45, 2.75) is 26.9 Å². The van der Waals surface area contributed by atoms with Crippen LogP contribution < -0.4 is 0 Å². The average Bonchev–Trinajstić information content (AvgIpc) is 3.56. The Kier molecular flexibility index (Phi) is 10.4. The van der Waals surface area contributed by atoms with E-state index in [0.717, 1.165) is 0 Å². The second-order valence-corrected chi connectivity index (χ2v) is 41.4. The molecule has 4 heteroatoms. The Balaban J connectivity index is 0.000000147. The normalized spacial score (nSPS) is 10.4. The Morgan fingerprint density at radius 2 is 0.947 bits per heavy atom. The third-order valence-electron chi connectivity index (χ3n) is 6.40. The van der Waals surface area contributed by atoms with E-state index in [2.05, 4.69) is 148 Å². The molecule has 0 saturated heterocycles. The molecule has 0 spiro atoms. The molecule has 0 aliphatic rings. The smallest absolute Gasteiger partial charge is 0.0189 e. The van der Waals surface area contributed by atoms with Crippen molar-refractivity contribution in [1.82, 2.24) is 0 Å². The summed E-state index contributed by atoms with van der Waals surface area (Å²) >= 11 is -1.78. The Bertz CT molecular complexity index is 1550. The molecule has 0 N–H and O–H groups in total. The van der Waals surface area contributed by atoms with Crippen molar-refractivity contribution in [3.63, 3.8) is 0 Å². The van der Waals surface area contributed by atoms with Crippen LogP contribution in [0.25, 0.3) is 43.8 Å². The van der Waals surface area contributed by atoms with Crippen LogP contribution in [0.15, 0.2) is 121 Å². The minimum atomic E-state index is -1.78. The first-order valence-corrected chi connectivity index (χ1v) is 29.5. The maximum Gasteiger partial charge on any atom is -0.0189 e. The third kappa shape index (κ3) is 7.45. The Hall–Kier alpha value is -2.23. The molecule has 0 aliphatic carbocycles. The molecule has 0 unspecified atom stereocenters. The van der Waals surface area contributed by atoms with Gasteiger partial charge in [0.15, 0.2) is 0 Å². The van der Waals surface area contributed by atoms with Crippen molar-refractivity contribution in [2.75, 3.05) is 0 Å². The maximum atomic E-state index is 5.64. The van der Waals surface area contributed by atoms with E-state index in [0.29, 0.717) is 0 Å². The summed E-state index contributed by atoms with van der Waals surface area (Å²) in [6, 6.07) is 43.2. The molecule has 0 bridgehead atoms. The van der Waals surface area contributed by atoms with Crippen molar-refractivity contribution >= 4 is 44.2 Å². The van der Waals surface area contributed by atoms with Gasteiger partial charge in [-0.2, -0.15) is 46.5 Å². The van der Waals surface area contributed by atoms with Crippen LogP contribution >= 0.6 is 17.2 Å². The standard InChI is InChI=1S/2C16H13.C2H6Si.2ClH.Hf/c2*1-12-9-10-14(11-12)16-8-4-6-13-5-2-3-7-15(13)16;1-3-2;;;/h2*2-11H,1H3;1-2H3;2*1H;/q2*-1;;;;+2/p-2. The van der Waals surface area contributed by atoms with E-state index in [1.807, 2.05) is 0 Å². The number of halogens is 2. The molecule has 192 valence electrons. The molecule has 0 fully saturated rings. The Labute approximate surface area is 241 Å². The van der Waals surface area contributed by atoms with Gasteiger partial charge in [0.2, 0.25) is 0 Å². The molecule has 0 radical (unpaired) electrons. The third-order valence-corrected chi connectivity index (χ3v) is 33.9. The predicted molar refractivity (Wildman–Crippen MR) is 169 cm³/mol. The van der Waals surface area contributed by atoms with Crippen LogP contribution in [0, 0.1) is 13.8 Å². The summed E-state index contributed by atoms with van der Waals surface area (Å²) in [6.07, 6.45) is 0. The molecular formula is C34H32Cl2HfSi-2. The van der Waals surface area contributed by atoms with Crippen LogP contribution in [0.1, 0.15) is 11.1 Å². The van der Waals surface area contributed by atoms with Crippen LogP contribution in [0.3, 0.4) is 0 Å². The second-order valence-electron chi connectivity index (χ2n) is 9.67. The van der Waals surface area contributed by atoms with Gasteiger partial charge in [-0.15, -0.1) is 0 Å². The summed E-state index contributed by atoms with van der Waals surface area (Å²) in [5.41, 5.74) is 7.72. The van der Waals surface area contributed by atoms with Gasteiger partial charge in [0.1, 0.15) is 0 Å². The SMILES string of the molecule is C[Si](C)=[Hf]([Cl])[Cl].Cc1cc(-c2cccc3ccccc23)c[cH-]1.Cc1cc(-c2cccc3ccccc23)c[cH-]1. The van der Waals surface area contributed by atoms with Gasteiger partial charge in [-0.1, -0.05) is 110 Å². The monoisotopic (exact) mass is 718 g/mol. The van der Waals surface area contributed by atoms with Gasteiger partial charge >= 0.3 is 53.4 Å². The van der Waals surface area contributed by atoms with E-state index in [-0.39, 0.29) is 5.49 Å². The summed E-state index contributed by atoms with van der Waals surface area (Å²) in [5, 5.41) is 5.27. The molecule has 0 aliphatic heterocycles. The van der Waals surface area contributed by atoms with Crippen molar-refractivity contribution in [3.05, 3.63) is 132 Å². The first-order chi connectivity index (χ1) is 18.3. The van der Waals surface area contributed by atoms with E-state index in [9.17, 15) is 0 Å². The van der Waals surface area contributed by atoms with Crippen molar-refractivity contribution in [2.24, 2.45) is 0 Å². The van der Waals surface area contributed by atoms with Gasteiger partial charge in [0.05, 0.1) is 0 Å². The van der Waals surface area contributed by atoms with E-state index in [1.165, 1.54) is 54.9 Å². The molecule has 6 rings (SSSR count). The quantitative estimate of drug-likeness (QED) is 0.124. The van der Waals surface area contributed by atoms with Crippen LogP contribution in [-0.2, 0) is 17.7 Å². The number of benzene rings is 4. The van der Waals surface area contributed by atoms with Gasteiger partial charge in [-0.25, -0.2) is 12.1 Å². The van der Waals surface area contributed by atoms with E-state index in [4.69, 9.17) is 17.2 Å². The molecule has 38 heavy (non-hydrogen) atoms. The van der Waals surface area contributed by atoms with Crippen molar-refractivity contribution in [1.29, 1.82) is 0 Å². The molecule has 0 nitrogen and oxygen atoms in total. The summed E-state index contributed by atoms with van der Waals surface area (Å²) in [7, 11) is 11.3. The molecule has 0 amide bonds. The van der Waals surface area contributed by atoms with Gasteiger partial charge in [0, 0.05) is 0 Å². The number of hydrogen-bond donors (Lipinski definition) is 0. The van der Waals surface area contributed by atoms with Crippen LogP contribution in [-0.4, -0.2) is 5.49 Å². The second kappa shape index (κ2) is 13.7. The van der Waals surface area contributed by atoms with Crippen LogP contribution in [0.4, 0.5) is 0 Å². The van der Waals surface area contributed by atoms with Gasteiger partial charge in [-0.3, -0.25) is 0 Å². The predicted octanol–water partition coefficient (Wildman–Crippen LogP) is 11.2. The molecule has 0 saturated carbocycles. The number of rotatable bonds is 2. The summed E-state index contributed by atoms with van der Waals surface area (Å²) in [6.45, 7) is 8.61. The largest absolute Gasteiger partial charge is 0.203 e. The zero-order valence-corrected chi connectivity index (χ0v) is 28.4. The van der Waals surface area contributed by atoms with E-state index >= 15 is 0 Å². The molecular weight excluding hydrogens is 686 g/mol.